The lowest BCUT2D eigenvalue weighted by molar-refractivity contribution is -0.117. The molecule has 0 aliphatic rings. The lowest BCUT2D eigenvalue weighted by atomic mass is 10.1. The molecule has 1 atom stereocenters. The van der Waals surface area contributed by atoms with Gasteiger partial charge in [-0.15, -0.1) is 0 Å². The van der Waals surface area contributed by atoms with Crippen molar-refractivity contribution in [1.29, 1.82) is 0 Å². The van der Waals surface area contributed by atoms with E-state index in [1.807, 2.05) is 30.3 Å². The van der Waals surface area contributed by atoms with Gasteiger partial charge in [0.25, 0.3) is 5.91 Å². The van der Waals surface area contributed by atoms with E-state index in [2.05, 4.69) is 10.6 Å². The molecular weight excluding hydrogens is 397 g/mol. The first kappa shape index (κ1) is 19.7. The Balaban J connectivity index is 1.86. The topological polar surface area (TPSA) is 84.2 Å². The normalized spacial score (nSPS) is 11.5. The summed E-state index contributed by atoms with van der Waals surface area (Å²) >= 11 is 12.0. The number of nitrogens with two attached hydrogens (primary N) is 1. The molecule has 28 heavy (non-hydrogen) atoms. The highest BCUT2D eigenvalue weighted by Gasteiger charge is 2.21. The molecule has 0 spiro atoms. The zero-order valence-electron chi connectivity index (χ0n) is 14.7. The van der Waals surface area contributed by atoms with Gasteiger partial charge >= 0.3 is 0 Å². The van der Waals surface area contributed by atoms with E-state index in [-0.39, 0.29) is 5.91 Å². The molecule has 3 aromatic carbocycles. The monoisotopic (exact) mass is 413 g/mol. The number of carbonyl (C=O) groups excluding carboxylic acids is 2. The number of nitrogens with one attached hydrogen (secondary N) is 2. The molecule has 3 rings (SSSR count). The van der Waals surface area contributed by atoms with Crippen LogP contribution < -0.4 is 16.4 Å². The Bertz CT molecular complexity index is 972. The van der Waals surface area contributed by atoms with E-state index in [1.54, 1.807) is 42.5 Å². The van der Waals surface area contributed by atoms with Crippen molar-refractivity contribution in [2.45, 2.75) is 6.04 Å². The number of rotatable bonds is 6. The number of halogens is 2. The van der Waals surface area contributed by atoms with Gasteiger partial charge in [-0.05, 0) is 48.0 Å². The maximum absolute atomic E-state index is 13.0. The number of primary amides is 1. The van der Waals surface area contributed by atoms with Gasteiger partial charge in [-0.2, -0.15) is 0 Å². The second-order valence-corrected chi connectivity index (χ2v) is 6.95. The van der Waals surface area contributed by atoms with Crippen LogP contribution in [0.3, 0.4) is 0 Å². The molecule has 3 aromatic rings. The molecular formula is C21H17Cl2N3O2. The van der Waals surface area contributed by atoms with Crippen LogP contribution in [0.5, 0.6) is 0 Å². The number of anilines is 2. The summed E-state index contributed by atoms with van der Waals surface area (Å²) in [5.74, 6) is -0.801. The minimum absolute atomic E-state index is 0.288. The van der Waals surface area contributed by atoms with Crippen molar-refractivity contribution >= 4 is 46.4 Å². The standard InChI is InChI=1S/C21H17Cl2N3O2/c22-15-10-16(23)12-18(11-15)26-21(28)19(13-4-2-1-3-5-13)25-17-8-6-14(7-9-17)20(24)27/h1-12,19,25H,(H2,24,27)(H,26,28). The second-order valence-electron chi connectivity index (χ2n) is 6.08. The van der Waals surface area contributed by atoms with Gasteiger partial charge in [-0.3, -0.25) is 9.59 Å². The fourth-order valence-corrected chi connectivity index (χ4v) is 3.21. The fourth-order valence-electron chi connectivity index (χ4n) is 2.68. The van der Waals surface area contributed by atoms with E-state index in [1.165, 1.54) is 0 Å². The first-order valence-corrected chi connectivity index (χ1v) is 9.16. The quantitative estimate of drug-likeness (QED) is 0.537. The van der Waals surface area contributed by atoms with Gasteiger partial charge in [0.05, 0.1) is 0 Å². The third-order valence-corrected chi connectivity index (χ3v) is 4.44. The zero-order chi connectivity index (χ0) is 20.1. The van der Waals surface area contributed by atoms with Gasteiger partial charge < -0.3 is 16.4 Å². The molecule has 0 saturated carbocycles. The van der Waals surface area contributed by atoms with Crippen molar-refractivity contribution in [1.82, 2.24) is 0 Å². The number of carbonyl (C=O) groups is 2. The van der Waals surface area contributed by atoms with Gasteiger partial charge in [-0.1, -0.05) is 53.5 Å². The molecule has 142 valence electrons. The van der Waals surface area contributed by atoms with Gasteiger partial charge in [0.2, 0.25) is 5.91 Å². The summed E-state index contributed by atoms with van der Waals surface area (Å²) in [7, 11) is 0. The Hall–Kier alpha value is -3.02. The van der Waals surface area contributed by atoms with E-state index < -0.39 is 11.9 Å². The van der Waals surface area contributed by atoms with E-state index in [0.29, 0.717) is 27.0 Å². The summed E-state index contributed by atoms with van der Waals surface area (Å²) in [6.07, 6.45) is 0. The summed E-state index contributed by atoms with van der Waals surface area (Å²) in [6, 6.07) is 20.0. The molecule has 0 bridgehead atoms. The van der Waals surface area contributed by atoms with Gasteiger partial charge in [-0.25, -0.2) is 0 Å². The summed E-state index contributed by atoms with van der Waals surface area (Å²) < 4.78 is 0. The molecule has 7 heteroatoms. The fraction of sp³-hybridized carbons (Fsp3) is 0.0476. The van der Waals surface area contributed by atoms with E-state index in [9.17, 15) is 9.59 Å². The predicted octanol–water partition coefficient (Wildman–Crippen LogP) is 4.88. The van der Waals surface area contributed by atoms with Crippen LogP contribution in [0.2, 0.25) is 10.0 Å². The Morgan fingerprint density at radius 3 is 2.00 bits per heavy atom. The average Bonchev–Trinajstić information content (AvgIpc) is 2.66. The minimum atomic E-state index is -0.682. The van der Waals surface area contributed by atoms with Gasteiger partial charge in [0, 0.05) is 27.0 Å². The summed E-state index contributed by atoms with van der Waals surface area (Å²) in [5, 5.41) is 6.86. The molecule has 0 aliphatic heterocycles. The van der Waals surface area contributed by atoms with Crippen LogP contribution in [0.4, 0.5) is 11.4 Å². The SMILES string of the molecule is NC(=O)c1ccc(NC(C(=O)Nc2cc(Cl)cc(Cl)c2)c2ccccc2)cc1. The van der Waals surface area contributed by atoms with Gasteiger partial charge in [0.15, 0.2) is 0 Å². The Kier molecular flexibility index (Phi) is 6.19. The van der Waals surface area contributed by atoms with Crippen LogP contribution in [0, 0.1) is 0 Å². The number of hydrogen-bond donors (Lipinski definition) is 3. The van der Waals surface area contributed by atoms with Crippen molar-refractivity contribution in [3.8, 4) is 0 Å². The van der Waals surface area contributed by atoms with E-state index in [0.717, 1.165) is 5.56 Å². The Morgan fingerprint density at radius 2 is 1.43 bits per heavy atom. The van der Waals surface area contributed by atoms with Crippen molar-refractivity contribution < 1.29 is 9.59 Å². The second kappa shape index (κ2) is 8.78. The zero-order valence-corrected chi connectivity index (χ0v) is 16.2. The van der Waals surface area contributed by atoms with E-state index >= 15 is 0 Å². The molecule has 0 heterocycles. The molecule has 1 unspecified atom stereocenters. The first-order valence-electron chi connectivity index (χ1n) is 8.41. The Labute approximate surface area is 172 Å². The maximum Gasteiger partial charge on any atom is 0.251 e. The molecule has 2 amide bonds. The lowest BCUT2D eigenvalue weighted by Gasteiger charge is -2.20. The predicted molar refractivity (Wildman–Crippen MR) is 113 cm³/mol. The van der Waals surface area contributed by atoms with Crippen molar-refractivity contribution in [3.05, 3.63) is 94.0 Å². The molecule has 0 aromatic heterocycles. The number of hydrogen-bond acceptors (Lipinski definition) is 3. The largest absolute Gasteiger partial charge is 0.370 e. The smallest absolute Gasteiger partial charge is 0.251 e. The van der Waals surface area contributed by atoms with E-state index in [4.69, 9.17) is 28.9 Å². The highest BCUT2D eigenvalue weighted by Crippen LogP contribution is 2.25. The molecule has 0 aliphatic carbocycles. The molecule has 0 fully saturated rings. The Morgan fingerprint density at radius 1 is 0.821 bits per heavy atom. The molecule has 0 radical (unpaired) electrons. The van der Waals surface area contributed by atoms with Crippen LogP contribution in [0.15, 0.2) is 72.8 Å². The van der Waals surface area contributed by atoms with Crippen molar-refractivity contribution in [2.24, 2.45) is 5.73 Å². The number of benzene rings is 3. The minimum Gasteiger partial charge on any atom is -0.370 e. The third kappa shape index (κ3) is 5.03. The van der Waals surface area contributed by atoms with Gasteiger partial charge in [0.1, 0.15) is 6.04 Å². The lowest BCUT2D eigenvalue weighted by Crippen LogP contribution is -2.27. The molecule has 5 nitrogen and oxygen atoms in total. The molecule has 4 N–H and O–H groups in total. The first-order chi connectivity index (χ1) is 13.4. The maximum atomic E-state index is 13.0. The highest BCUT2D eigenvalue weighted by molar-refractivity contribution is 6.35. The third-order valence-electron chi connectivity index (χ3n) is 4.01. The van der Waals surface area contributed by atoms with Crippen LogP contribution in [-0.2, 0) is 4.79 Å². The van der Waals surface area contributed by atoms with Crippen molar-refractivity contribution in [3.63, 3.8) is 0 Å². The molecule has 0 saturated heterocycles. The number of amides is 2. The summed E-state index contributed by atoms with van der Waals surface area (Å²) in [6.45, 7) is 0. The highest BCUT2D eigenvalue weighted by atomic mass is 35.5. The van der Waals surface area contributed by atoms with Crippen LogP contribution in [0.1, 0.15) is 22.0 Å². The van der Waals surface area contributed by atoms with Crippen LogP contribution in [0.25, 0.3) is 0 Å². The summed E-state index contributed by atoms with van der Waals surface area (Å²) in [5.41, 5.74) is 7.59. The average molecular weight is 414 g/mol. The van der Waals surface area contributed by atoms with Crippen molar-refractivity contribution in [2.75, 3.05) is 10.6 Å². The summed E-state index contributed by atoms with van der Waals surface area (Å²) in [4.78, 5) is 24.2. The van der Waals surface area contributed by atoms with Crippen LogP contribution in [-0.4, -0.2) is 11.8 Å². The van der Waals surface area contributed by atoms with Crippen LogP contribution >= 0.6 is 23.2 Å².